The summed E-state index contributed by atoms with van der Waals surface area (Å²) in [6.07, 6.45) is -5.71. The van der Waals surface area contributed by atoms with Crippen molar-refractivity contribution in [3.05, 3.63) is 54.1 Å². The van der Waals surface area contributed by atoms with Crippen LogP contribution in [0.5, 0.6) is 11.5 Å². The topological polar surface area (TPSA) is 67.9 Å². The summed E-state index contributed by atoms with van der Waals surface area (Å²) in [6.45, 7) is -0.0314. The monoisotopic (exact) mass is 380 g/mol. The Morgan fingerprint density at radius 2 is 1.81 bits per heavy atom. The molecule has 27 heavy (non-hydrogen) atoms. The van der Waals surface area contributed by atoms with E-state index in [1.807, 2.05) is 0 Å². The van der Waals surface area contributed by atoms with Crippen LogP contribution in [-0.4, -0.2) is 37.9 Å². The molecule has 2 aromatic carbocycles. The van der Waals surface area contributed by atoms with Crippen molar-refractivity contribution in [3.63, 3.8) is 0 Å². The highest BCUT2D eigenvalue weighted by molar-refractivity contribution is 6.08. The summed E-state index contributed by atoms with van der Waals surface area (Å²) in [5.74, 6) is -0.929. The average molecular weight is 380 g/mol. The zero-order chi connectivity index (χ0) is 19.6. The Morgan fingerprint density at radius 1 is 1.15 bits per heavy atom. The van der Waals surface area contributed by atoms with Gasteiger partial charge in [-0.05, 0) is 36.4 Å². The number of nitrogens with one attached hydrogen (secondary N) is 1. The molecule has 1 aliphatic rings. The molecule has 142 valence electrons. The Labute approximate surface area is 152 Å². The van der Waals surface area contributed by atoms with Crippen LogP contribution in [0.15, 0.2) is 48.5 Å². The molecule has 1 N–H and O–H groups in total. The summed E-state index contributed by atoms with van der Waals surface area (Å²) >= 11 is 0. The summed E-state index contributed by atoms with van der Waals surface area (Å²) in [5, 5.41) is 2.47. The van der Waals surface area contributed by atoms with Gasteiger partial charge in [0.2, 0.25) is 0 Å². The number of benzene rings is 2. The molecule has 0 spiro atoms. The highest BCUT2D eigenvalue weighted by atomic mass is 19.4. The third kappa shape index (κ3) is 4.13. The highest BCUT2D eigenvalue weighted by Crippen LogP contribution is 2.34. The van der Waals surface area contributed by atoms with Crippen LogP contribution in [0, 0.1) is 0 Å². The summed E-state index contributed by atoms with van der Waals surface area (Å²) in [7, 11) is 1.46. The molecule has 0 aliphatic carbocycles. The molecule has 0 saturated carbocycles. The van der Waals surface area contributed by atoms with Crippen molar-refractivity contribution in [2.75, 3.05) is 18.5 Å². The Balaban J connectivity index is 1.87. The van der Waals surface area contributed by atoms with Gasteiger partial charge in [-0.25, -0.2) is 0 Å². The minimum absolute atomic E-state index is 0.0314. The lowest BCUT2D eigenvalue weighted by molar-refractivity contribution is -0.274. The molecule has 0 aromatic heterocycles. The molecule has 0 bridgehead atoms. The maximum Gasteiger partial charge on any atom is 0.573 e. The molecule has 0 saturated heterocycles. The van der Waals surface area contributed by atoms with Gasteiger partial charge in [0.15, 0.2) is 6.10 Å². The van der Waals surface area contributed by atoms with Gasteiger partial charge in [0.25, 0.3) is 11.8 Å². The minimum atomic E-state index is -4.81. The minimum Gasteiger partial charge on any atom is -0.477 e. The SMILES string of the molecule is CNC(=O)C1CN(C(=O)c2ccc(OC(F)(F)F)cc2)c2ccccc2O1. The second kappa shape index (κ2) is 7.18. The number of nitrogens with zero attached hydrogens (tertiary/aromatic N) is 1. The van der Waals surface area contributed by atoms with E-state index in [1.54, 1.807) is 24.3 Å². The number of carbonyl (C=O) groups excluding carboxylic acids is 2. The van der Waals surface area contributed by atoms with Crippen LogP contribution in [0.2, 0.25) is 0 Å². The number of anilines is 1. The van der Waals surface area contributed by atoms with Gasteiger partial charge in [0.05, 0.1) is 12.2 Å². The molecule has 1 atom stereocenters. The van der Waals surface area contributed by atoms with Gasteiger partial charge >= 0.3 is 6.36 Å². The van der Waals surface area contributed by atoms with Crippen LogP contribution in [0.3, 0.4) is 0 Å². The second-order valence-electron chi connectivity index (χ2n) is 5.68. The average Bonchev–Trinajstić information content (AvgIpc) is 2.65. The van der Waals surface area contributed by atoms with Crippen molar-refractivity contribution < 1.29 is 32.2 Å². The Hall–Kier alpha value is -3.23. The van der Waals surface area contributed by atoms with Crippen molar-refractivity contribution in [1.29, 1.82) is 0 Å². The largest absolute Gasteiger partial charge is 0.573 e. The van der Waals surface area contributed by atoms with Crippen LogP contribution in [0.4, 0.5) is 18.9 Å². The van der Waals surface area contributed by atoms with Crippen LogP contribution in [0.1, 0.15) is 10.4 Å². The third-order valence-electron chi connectivity index (χ3n) is 3.89. The summed E-state index contributed by atoms with van der Waals surface area (Å²) in [4.78, 5) is 26.2. The van der Waals surface area contributed by atoms with Gasteiger partial charge in [-0.1, -0.05) is 12.1 Å². The number of likely N-dealkylation sites (N-methyl/N-ethyl adjacent to an activating group) is 1. The second-order valence-corrected chi connectivity index (χ2v) is 5.68. The first-order valence-corrected chi connectivity index (χ1v) is 7.93. The number of hydrogen-bond donors (Lipinski definition) is 1. The lowest BCUT2D eigenvalue weighted by atomic mass is 10.1. The van der Waals surface area contributed by atoms with E-state index >= 15 is 0 Å². The summed E-state index contributed by atoms with van der Waals surface area (Å²) in [6, 6.07) is 11.3. The van der Waals surface area contributed by atoms with Crippen LogP contribution in [-0.2, 0) is 4.79 Å². The molecule has 2 aromatic rings. The number of hydrogen-bond acceptors (Lipinski definition) is 4. The molecule has 1 aliphatic heterocycles. The fraction of sp³-hybridized carbons (Fsp3) is 0.222. The van der Waals surface area contributed by atoms with Gasteiger partial charge in [-0.2, -0.15) is 0 Å². The predicted octanol–water partition coefficient (Wildman–Crippen LogP) is 2.74. The molecule has 6 nitrogen and oxygen atoms in total. The van der Waals surface area contributed by atoms with Gasteiger partial charge in [-0.3, -0.25) is 9.59 Å². The molecule has 9 heteroatoms. The van der Waals surface area contributed by atoms with Crippen molar-refractivity contribution in [3.8, 4) is 11.5 Å². The maximum absolute atomic E-state index is 12.9. The lowest BCUT2D eigenvalue weighted by Crippen LogP contribution is -2.50. The molecule has 1 unspecified atom stereocenters. The van der Waals surface area contributed by atoms with Crippen LogP contribution in [0.25, 0.3) is 0 Å². The van der Waals surface area contributed by atoms with Crippen LogP contribution < -0.4 is 19.7 Å². The molecular formula is C18H15F3N2O4. The number of halogens is 3. The normalized spacial score (nSPS) is 16.1. The molecule has 0 fully saturated rings. The predicted molar refractivity (Wildman–Crippen MR) is 89.7 cm³/mol. The standard InChI is InChI=1S/C18H15F3N2O4/c1-22-16(24)15-10-23(13-4-2-3-5-14(13)26-15)17(25)11-6-8-12(9-7-11)27-18(19,20)21/h2-9,15H,10H2,1H3,(H,22,24). The maximum atomic E-state index is 12.9. The first-order valence-electron chi connectivity index (χ1n) is 7.93. The van der Waals surface area contributed by atoms with E-state index in [0.717, 1.165) is 12.1 Å². The van der Waals surface area contributed by atoms with Gasteiger partial charge < -0.3 is 19.7 Å². The number of ether oxygens (including phenoxy) is 2. The van der Waals surface area contributed by atoms with Crippen molar-refractivity contribution in [2.24, 2.45) is 0 Å². The Bertz CT molecular complexity index is 852. The summed E-state index contributed by atoms with van der Waals surface area (Å²) in [5.41, 5.74) is 0.621. The lowest BCUT2D eigenvalue weighted by Gasteiger charge is -2.34. The first-order chi connectivity index (χ1) is 12.8. The zero-order valence-corrected chi connectivity index (χ0v) is 14.1. The van der Waals surface area contributed by atoms with E-state index in [-0.39, 0.29) is 12.1 Å². The van der Waals surface area contributed by atoms with E-state index in [4.69, 9.17) is 4.74 Å². The van der Waals surface area contributed by atoms with Crippen LogP contribution >= 0.6 is 0 Å². The molecule has 3 rings (SSSR count). The van der Waals surface area contributed by atoms with E-state index in [9.17, 15) is 22.8 Å². The van der Waals surface area contributed by atoms with Crippen molar-refractivity contribution in [2.45, 2.75) is 12.5 Å². The fourth-order valence-electron chi connectivity index (χ4n) is 2.68. The van der Waals surface area contributed by atoms with Crippen molar-refractivity contribution in [1.82, 2.24) is 5.32 Å². The number of carbonyl (C=O) groups is 2. The van der Waals surface area contributed by atoms with Gasteiger partial charge in [-0.15, -0.1) is 13.2 Å². The number of amides is 2. The molecule has 0 radical (unpaired) electrons. The van der Waals surface area contributed by atoms with Gasteiger partial charge in [0.1, 0.15) is 11.5 Å². The molecule has 2 amide bonds. The van der Waals surface area contributed by atoms with E-state index in [1.165, 1.54) is 24.1 Å². The highest BCUT2D eigenvalue weighted by Gasteiger charge is 2.34. The quantitative estimate of drug-likeness (QED) is 0.889. The van der Waals surface area contributed by atoms with Gasteiger partial charge in [0, 0.05) is 12.6 Å². The van der Waals surface area contributed by atoms with Crippen molar-refractivity contribution >= 4 is 17.5 Å². The van der Waals surface area contributed by atoms with E-state index in [2.05, 4.69) is 10.1 Å². The zero-order valence-electron chi connectivity index (χ0n) is 14.1. The third-order valence-corrected chi connectivity index (χ3v) is 3.89. The Morgan fingerprint density at radius 3 is 2.44 bits per heavy atom. The fourth-order valence-corrected chi connectivity index (χ4v) is 2.68. The van der Waals surface area contributed by atoms with E-state index < -0.39 is 30.0 Å². The number of fused-ring (bicyclic) bond motifs is 1. The molecule has 1 heterocycles. The number of para-hydroxylation sites is 2. The first kappa shape index (κ1) is 18.6. The summed E-state index contributed by atoms with van der Waals surface area (Å²) < 4.78 is 46.2. The Kier molecular flexibility index (Phi) is 4.93. The smallest absolute Gasteiger partial charge is 0.477 e. The number of rotatable bonds is 3. The molecular weight excluding hydrogens is 365 g/mol. The van der Waals surface area contributed by atoms with E-state index in [0.29, 0.717) is 11.4 Å². The number of alkyl halides is 3.